The molecule has 0 saturated carbocycles. The molecule has 2 N–H and O–H groups in total. The van der Waals surface area contributed by atoms with E-state index in [2.05, 4.69) is 40.3 Å². The highest BCUT2D eigenvalue weighted by Crippen LogP contribution is 2.35. The molecule has 0 aromatic heterocycles. The van der Waals surface area contributed by atoms with Gasteiger partial charge in [0.05, 0.1) is 23.5 Å². The van der Waals surface area contributed by atoms with Crippen molar-refractivity contribution in [2.24, 2.45) is 5.10 Å². The van der Waals surface area contributed by atoms with E-state index in [0.717, 1.165) is 11.3 Å². The Morgan fingerprint density at radius 1 is 1.19 bits per heavy atom. The molecule has 4 nitrogen and oxygen atoms in total. The Morgan fingerprint density at radius 2 is 1.95 bits per heavy atom. The lowest BCUT2D eigenvalue weighted by Crippen LogP contribution is -1.94. The van der Waals surface area contributed by atoms with E-state index < -0.39 is 0 Å². The molecular formula is C16H17BrN2O2. The van der Waals surface area contributed by atoms with Gasteiger partial charge in [0, 0.05) is 5.56 Å². The van der Waals surface area contributed by atoms with Crippen LogP contribution in [0.5, 0.6) is 11.5 Å². The van der Waals surface area contributed by atoms with Gasteiger partial charge in [-0.15, -0.1) is 0 Å². The molecule has 2 rings (SSSR count). The van der Waals surface area contributed by atoms with Crippen molar-refractivity contribution in [1.82, 2.24) is 0 Å². The second-order valence-corrected chi connectivity index (χ2v) is 5.48. The summed E-state index contributed by atoms with van der Waals surface area (Å²) in [5, 5.41) is 14.1. The highest BCUT2D eigenvalue weighted by Gasteiger charge is 2.09. The van der Waals surface area contributed by atoms with Crippen LogP contribution >= 0.6 is 15.9 Å². The smallest absolute Gasteiger partial charge is 0.172 e. The van der Waals surface area contributed by atoms with Crippen LogP contribution in [0.4, 0.5) is 5.69 Å². The van der Waals surface area contributed by atoms with Gasteiger partial charge in [0.2, 0.25) is 0 Å². The zero-order valence-corrected chi connectivity index (χ0v) is 13.7. The molecule has 0 aliphatic heterocycles. The van der Waals surface area contributed by atoms with Gasteiger partial charge in [0.25, 0.3) is 0 Å². The highest BCUT2D eigenvalue weighted by atomic mass is 79.9. The molecule has 0 atom stereocenters. The maximum atomic E-state index is 9.91. The van der Waals surface area contributed by atoms with E-state index in [4.69, 9.17) is 4.74 Å². The Balaban J connectivity index is 2.14. The van der Waals surface area contributed by atoms with E-state index >= 15 is 0 Å². The van der Waals surface area contributed by atoms with E-state index in [1.807, 2.05) is 24.3 Å². The summed E-state index contributed by atoms with van der Waals surface area (Å²) in [6.45, 7) is 4.13. The van der Waals surface area contributed by atoms with Crippen LogP contribution in [0.1, 0.15) is 16.7 Å². The molecule has 0 fully saturated rings. The Morgan fingerprint density at radius 3 is 2.62 bits per heavy atom. The summed E-state index contributed by atoms with van der Waals surface area (Å²) in [5.41, 5.74) is 7.10. The first-order chi connectivity index (χ1) is 10.0. The largest absolute Gasteiger partial charge is 0.503 e. The molecule has 0 saturated heterocycles. The van der Waals surface area contributed by atoms with Crippen LogP contribution in [0.3, 0.4) is 0 Å². The molecule has 21 heavy (non-hydrogen) atoms. The molecule has 2 aromatic carbocycles. The van der Waals surface area contributed by atoms with E-state index in [9.17, 15) is 5.11 Å². The van der Waals surface area contributed by atoms with Gasteiger partial charge in [-0.25, -0.2) is 0 Å². The fourth-order valence-corrected chi connectivity index (χ4v) is 2.24. The number of benzene rings is 2. The van der Waals surface area contributed by atoms with E-state index in [1.54, 1.807) is 12.3 Å². The van der Waals surface area contributed by atoms with Gasteiger partial charge in [-0.1, -0.05) is 6.07 Å². The average molecular weight is 349 g/mol. The van der Waals surface area contributed by atoms with Gasteiger partial charge in [0.15, 0.2) is 11.5 Å². The number of aryl methyl sites for hydroxylation is 2. The average Bonchev–Trinajstić information content (AvgIpc) is 2.47. The molecule has 110 valence electrons. The highest BCUT2D eigenvalue weighted by molar-refractivity contribution is 9.10. The first-order valence-corrected chi connectivity index (χ1v) is 7.24. The van der Waals surface area contributed by atoms with Crippen LogP contribution in [0, 0.1) is 13.8 Å². The quantitative estimate of drug-likeness (QED) is 0.642. The predicted molar refractivity (Wildman–Crippen MR) is 89.5 cm³/mol. The lowest BCUT2D eigenvalue weighted by atomic mass is 10.1. The maximum Gasteiger partial charge on any atom is 0.172 e. The van der Waals surface area contributed by atoms with Crippen LogP contribution in [-0.2, 0) is 0 Å². The standard InChI is InChI=1S/C16H17BrN2O2/c1-10-4-6-13(8-11(10)2)19-18-9-12-5-7-14(21-3)16(20)15(12)17/h4-9,19-20H,1-3H3/b18-9+. The molecular weight excluding hydrogens is 332 g/mol. The number of nitrogens with one attached hydrogen (secondary N) is 1. The number of nitrogens with zero attached hydrogens (tertiary/aromatic N) is 1. The summed E-state index contributed by atoms with van der Waals surface area (Å²) in [7, 11) is 1.51. The van der Waals surface area contributed by atoms with Crippen LogP contribution in [0.2, 0.25) is 0 Å². The second-order valence-electron chi connectivity index (χ2n) is 4.69. The number of methoxy groups -OCH3 is 1. The van der Waals surface area contributed by atoms with Crippen molar-refractivity contribution in [2.45, 2.75) is 13.8 Å². The zero-order valence-electron chi connectivity index (χ0n) is 12.1. The number of phenolic OH excluding ortho intramolecular Hbond substituents is 1. The monoisotopic (exact) mass is 348 g/mol. The lowest BCUT2D eigenvalue weighted by Gasteiger charge is -2.07. The molecule has 0 bridgehead atoms. The summed E-state index contributed by atoms with van der Waals surface area (Å²) in [5.74, 6) is 0.480. The van der Waals surface area contributed by atoms with Crippen molar-refractivity contribution in [3.05, 3.63) is 51.5 Å². The van der Waals surface area contributed by atoms with Gasteiger partial charge in [-0.05, 0) is 65.2 Å². The molecule has 0 unspecified atom stereocenters. The topological polar surface area (TPSA) is 53.8 Å². The van der Waals surface area contributed by atoms with Crippen LogP contribution in [-0.4, -0.2) is 18.4 Å². The first-order valence-electron chi connectivity index (χ1n) is 6.44. The third kappa shape index (κ3) is 3.55. The number of phenols is 1. The number of hydrazone groups is 1. The molecule has 0 amide bonds. The molecule has 0 radical (unpaired) electrons. The Hall–Kier alpha value is -2.01. The summed E-state index contributed by atoms with van der Waals surface area (Å²) < 4.78 is 5.59. The van der Waals surface area contributed by atoms with Crippen molar-refractivity contribution in [3.63, 3.8) is 0 Å². The number of halogens is 1. The minimum absolute atomic E-state index is 0.0626. The molecule has 5 heteroatoms. The maximum absolute atomic E-state index is 9.91. The molecule has 2 aromatic rings. The minimum Gasteiger partial charge on any atom is -0.503 e. The summed E-state index contributed by atoms with van der Waals surface area (Å²) in [6.07, 6.45) is 1.64. The summed E-state index contributed by atoms with van der Waals surface area (Å²) in [4.78, 5) is 0. The third-order valence-electron chi connectivity index (χ3n) is 3.23. The fourth-order valence-electron chi connectivity index (χ4n) is 1.81. The SMILES string of the molecule is COc1ccc(/C=N/Nc2ccc(C)c(C)c2)c(Br)c1O. The van der Waals surface area contributed by atoms with Crippen molar-refractivity contribution in [3.8, 4) is 11.5 Å². The van der Waals surface area contributed by atoms with Gasteiger partial charge in [-0.2, -0.15) is 5.10 Å². The summed E-state index contributed by atoms with van der Waals surface area (Å²) >= 11 is 3.33. The second kappa shape index (κ2) is 6.63. The van der Waals surface area contributed by atoms with Gasteiger partial charge in [-0.3, -0.25) is 5.43 Å². The van der Waals surface area contributed by atoms with Gasteiger partial charge in [0.1, 0.15) is 0 Å². The third-order valence-corrected chi connectivity index (χ3v) is 4.07. The number of ether oxygens (including phenoxy) is 1. The number of hydrogen-bond acceptors (Lipinski definition) is 4. The predicted octanol–water partition coefficient (Wildman–Crippen LogP) is 4.23. The van der Waals surface area contributed by atoms with Crippen molar-refractivity contribution < 1.29 is 9.84 Å². The first kappa shape index (κ1) is 15.4. The Bertz CT molecular complexity index is 684. The molecule has 0 aliphatic carbocycles. The molecule has 0 heterocycles. The number of rotatable bonds is 4. The van der Waals surface area contributed by atoms with Crippen LogP contribution in [0.15, 0.2) is 39.9 Å². The van der Waals surface area contributed by atoms with Gasteiger partial charge < -0.3 is 9.84 Å². The normalized spacial score (nSPS) is 10.9. The summed E-state index contributed by atoms with van der Waals surface area (Å²) in [6, 6.07) is 9.56. The van der Waals surface area contributed by atoms with E-state index in [0.29, 0.717) is 10.2 Å². The Labute approximate surface area is 132 Å². The number of aromatic hydroxyl groups is 1. The molecule has 0 spiro atoms. The number of anilines is 1. The lowest BCUT2D eigenvalue weighted by molar-refractivity contribution is 0.372. The fraction of sp³-hybridized carbons (Fsp3) is 0.188. The van der Waals surface area contributed by atoms with Gasteiger partial charge >= 0.3 is 0 Å². The van der Waals surface area contributed by atoms with E-state index in [-0.39, 0.29) is 5.75 Å². The van der Waals surface area contributed by atoms with E-state index in [1.165, 1.54) is 18.2 Å². The number of hydrogen-bond donors (Lipinski definition) is 2. The van der Waals surface area contributed by atoms with Crippen LogP contribution < -0.4 is 10.2 Å². The minimum atomic E-state index is 0.0626. The van der Waals surface area contributed by atoms with Crippen molar-refractivity contribution >= 4 is 27.8 Å². The Kier molecular flexibility index (Phi) is 4.85. The van der Waals surface area contributed by atoms with Crippen LogP contribution in [0.25, 0.3) is 0 Å². The zero-order chi connectivity index (χ0) is 15.4. The van der Waals surface area contributed by atoms with Crippen molar-refractivity contribution in [2.75, 3.05) is 12.5 Å². The molecule has 0 aliphatic rings. The van der Waals surface area contributed by atoms with Crippen molar-refractivity contribution in [1.29, 1.82) is 0 Å².